The Bertz CT molecular complexity index is 874. The number of ether oxygens (including phenoxy) is 1. The summed E-state index contributed by atoms with van der Waals surface area (Å²) in [4.78, 5) is 12.3. The maximum atomic E-state index is 12.3. The number of carbonyl (C=O) groups excluding carboxylic acids is 1. The maximum absolute atomic E-state index is 12.3. The predicted octanol–water partition coefficient (Wildman–Crippen LogP) is -0.354. The molecule has 0 unspecified atom stereocenters. The van der Waals surface area contributed by atoms with Crippen molar-refractivity contribution in [2.75, 3.05) is 6.61 Å². The molecule has 2 aromatic carbocycles. The molecule has 3 aromatic rings. The van der Waals surface area contributed by atoms with Crippen molar-refractivity contribution in [3.05, 3.63) is 83.9 Å². The number of Topliss-reactive ketones (excluding diaryl/α,β-unsaturated/α-hetero) is 1. The number of ketones is 1. The zero-order valence-electron chi connectivity index (χ0n) is 13.8. The molecular formula is C20H19BrN2O2. The summed E-state index contributed by atoms with van der Waals surface area (Å²) in [5.41, 5.74) is 3.28. The number of nitrogens with zero attached hydrogens (tertiary/aromatic N) is 2. The Hall–Kier alpha value is -2.40. The second kappa shape index (κ2) is 7.66. The topological polar surface area (TPSA) is 35.1 Å². The Morgan fingerprint density at radius 1 is 1.16 bits per heavy atom. The van der Waals surface area contributed by atoms with Crippen LogP contribution in [0.2, 0.25) is 0 Å². The standard InChI is InChI=1S/C20H19N2O2.BrH/c23-19(17-4-2-1-3-5-17)14-22-10-9-21(15-22)13-16-6-7-20-18(12-16)8-11-24-20;/h1-7,9-10,12,15H,8,11,13-14H2;1H/q+1;/p-1. The predicted molar refractivity (Wildman–Crippen MR) is 90.1 cm³/mol. The van der Waals surface area contributed by atoms with Crippen LogP contribution in [0.1, 0.15) is 21.5 Å². The third-order valence-electron chi connectivity index (χ3n) is 4.29. The first kappa shape index (κ1) is 17.4. The minimum Gasteiger partial charge on any atom is -1.00 e. The number of fused-ring (bicyclic) bond motifs is 1. The molecule has 0 N–H and O–H groups in total. The molecule has 1 aliphatic heterocycles. The number of benzene rings is 2. The van der Waals surface area contributed by atoms with Gasteiger partial charge in [0.05, 0.1) is 6.61 Å². The molecule has 128 valence electrons. The molecule has 0 saturated heterocycles. The van der Waals surface area contributed by atoms with E-state index in [1.165, 1.54) is 11.1 Å². The first-order valence-electron chi connectivity index (χ1n) is 8.15. The van der Waals surface area contributed by atoms with Crippen molar-refractivity contribution in [3.8, 4) is 5.75 Å². The van der Waals surface area contributed by atoms with Gasteiger partial charge in [-0.1, -0.05) is 36.4 Å². The Balaban J connectivity index is 0.00000182. The number of rotatable bonds is 5. The van der Waals surface area contributed by atoms with E-state index in [-0.39, 0.29) is 22.8 Å². The molecule has 25 heavy (non-hydrogen) atoms. The molecule has 4 nitrogen and oxygen atoms in total. The summed E-state index contributed by atoms with van der Waals surface area (Å²) in [6.45, 7) is 1.93. The van der Waals surface area contributed by atoms with Crippen LogP contribution < -0.4 is 26.3 Å². The normalized spacial score (nSPS) is 12.2. The fourth-order valence-corrected chi connectivity index (χ4v) is 3.06. The van der Waals surface area contributed by atoms with E-state index >= 15 is 0 Å². The highest BCUT2D eigenvalue weighted by Gasteiger charge is 2.14. The van der Waals surface area contributed by atoms with Gasteiger partial charge < -0.3 is 21.7 Å². The Kier molecular flexibility index (Phi) is 5.34. The van der Waals surface area contributed by atoms with Crippen LogP contribution in [0.4, 0.5) is 0 Å². The highest BCUT2D eigenvalue weighted by atomic mass is 79.9. The van der Waals surface area contributed by atoms with Crippen molar-refractivity contribution in [1.82, 2.24) is 4.57 Å². The van der Waals surface area contributed by atoms with Crippen LogP contribution in [-0.4, -0.2) is 17.0 Å². The molecule has 0 bridgehead atoms. The van der Waals surface area contributed by atoms with Crippen molar-refractivity contribution in [2.24, 2.45) is 0 Å². The van der Waals surface area contributed by atoms with Crippen molar-refractivity contribution >= 4 is 5.78 Å². The van der Waals surface area contributed by atoms with Gasteiger partial charge in [-0.25, -0.2) is 9.13 Å². The smallest absolute Gasteiger partial charge is 0.244 e. The van der Waals surface area contributed by atoms with Crippen molar-refractivity contribution in [3.63, 3.8) is 0 Å². The zero-order chi connectivity index (χ0) is 16.4. The van der Waals surface area contributed by atoms with Crippen LogP contribution in [-0.2, 0) is 19.5 Å². The van der Waals surface area contributed by atoms with Crippen LogP contribution in [0.3, 0.4) is 0 Å². The lowest BCUT2D eigenvalue weighted by Crippen LogP contribution is -3.00. The Morgan fingerprint density at radius 2 is 2.00 bits per heavy atom. The molecule has 0 amide bonds. The van der Waals surface area contributed by atoms with Crippen molar-refractivity contribution in [1.29, 1.82) is 0 Å². The number of halogens is 1. The molecule has 0 aliphatic carbocycles. The van der Waals surface area contributed by atoms with Gasteiger partial charge in [0, 0.05) is 12.0 Å². The monoisotopic (exact) mass is 398 g/mol. The van der Waals surface area contributed by atoms with E-state index in [1.54, 1.807) is 0 Å². The third kappa shape index (κ3) is 3.99. The van der Waals surface area contributed by atoms with Crippen LogP contribution >= 0.6 is 0 Å². The molecular weight excluding hydrogens is 380 g/mol. The third-order valence-corrected chi connectivity index (χ3v) is 4.29. The van der Waals surface area contributed by atoms with E-state index < -0.39 is 0 Å². The lowest BCUT2D eigenvalue weighted by Gasteiger charge is -2.02. The number of hydrogen-bond acceptors (Lipinski definition) is 2. The minimum atomic E-state index is 0. The second-order valence-corrected chi connectivity index (χ2v) is 6.09. The first-order valence-corrected chi connectivity index (χ1v) is 8.15. The van der Waals surface area contributed by atoms with Gasteiger partial charge in [0.25, 0.3) is 0 Å². The molecule has 1 aliphatic rings. The summed E-state index contributed by atoms with van der Waals surface area (Å²) in [5, 5.41) is 0. The van der Waals surface area contributed by atoms with Gasteiger partial charge in [0.1, 0.15) is 24.7 Å². The SMILES string of the molecule is O=C(Cn1cc[n+](Cc2ccc3c(c2)CCO3)c1)c1ccccc1.[Br-]. The average molecular weight is 399 g/mol. The van der Waals surface area contributed by atoms with Gasteiger partial charge in [0.2, 0.25) is 12.1 Å². The number of aromatic nitrogens is 2. The van der Waals surface area contributed by atoms with Crippen LogP contribution in [0.15, 0.2) is 67.3 Å². The zero-order valence-corrected chi connectivity index (χ0v) is 15.4. The van der Waals surface area contributed by atoms with Crippen molar-refractivity contribution < 1.29 is 31.1 Å². The number of carbonyl (C=O) groups is 1. The van der Waals surface area contributed by atoms with Gasteiger partial charge in [-0.05, 0) is 23.3 Å². The van der Waals surface area contributed by atoms with E-state index in [2.05, 4.69) is 16.7 Å². The number of hydrogen-bond donors (Lipinski definition) is 0. The molecule has 0 spiro atoms. The summed E-state index contributed by atoms with van der Waals surface area (Å²) < 4.78 is 9.56. The van der Waals surface area contributed by atoms with Crippen LogP contribution in [0, 0.1) is 0 Å². The van der Waals surface area contributed by atoms with Gasteiger partial charge in [-0.3, -0.25) is 4.79 Å². The van der Waals surface area contributed by atoms with Gasteiger partial charge in [0.15, 0.2) is 6.54 Å². The summed E-state index contributed by atoms with van der Waals surface area (Å²) in [6.07, 6.45) is 6.91. The quantitative estimate of drug-likeness (QED) is 0.434. The Morgan fingerprint density at radius 3 is 2.84 bits per heavy atom. The second-order valence-electron chi connectivity index (χ2n) is 6.09. The van der Waals surface area contributed by atoms with E-state index in [4.69, 9.17) is 4.74 Å². The van der Waals surface area contributed by atoms with Crippen molar-refractivity contribution in [2.45, 2.75) is 19.5 Å². The lowest BCUT2D eigenvalue weighted by atomic mass is 10.1. The molecule has 0 fully saturated rings. The summed E-state index contributed by atoms with van der Waals surface area (Å²) in [7, 11) is 0. The molecule has 1 aromatic heterocycles. The maximum Gasteiger partial charge on any atom is 0.244 e. The highest BCUT2D eigenvalue weighted by Crippen LogP contribution is 2.25. The van der Waals surface area contributed by atoms with Crippen LogP contribution in [0.25, 0.3) is 0 Å². The minimum absolute atomic E-state index is 0. The van der Waals surface area contributed by atoms with E-state index in [9.17, 15) is 4.79 Å². The van der Waals surface area contributed by atoms with Gasteiger partial charge in [-0.15, -0.1) is 0 Å². The highest BCUT2D eigenvalue weighted by molar-refractivity contribution is 5.95. The largest absolute Gasteiger partial charge is 1.00 e. The molecule has 4 rings (SSSR count). The van der Waals surface area contributed by atoms with Gasteiger partial charge in [-0.2, -0.15) is 0 Å². The molecule has 2 heterocycles. The van der Waals surface area contributed by atoms with Gasteiger partial charge >= 0.3 is 0 Å². The molecule has 0 atom stereocenters. The average Bonchev–Trinajstić information content (AvgIpc) is 3.24. The summed E-state index contributed by atoms with van der Waals surface area (Å²) in [5.74, 6) is 1.13. The summed E-state index contributed by atoms with van der Waals surface area (Å²) in [6, 6.07) is 15.8. The molecule has 0 saturated carbocycles. The van der Waals surface area contributed by atoms with E-state index in [1.807, 2.05) is 59.7 Å². The summed E-state index contributed by atoms with van der Waals surface area (Å²) >= 11 is 0. The Labute approximate surface area is 157 Å². The fourth-order valence-electron chi connectivity index (χ4n) is 3.06. The lowest BCUT2D eigenvalue weighted by molar-refractivity contribution is -0.687. The molecule has 0 radical (unpaired) electrons. The number of imidazole rings is 1. The van der Waals surface area contributed by atoms with E-state index in [0.717, 1.165) is 30.9 Å². The van der Waals surface area contributed by atoms with E-state index in [0.29, 0.717) is 6.54 Å². The fraction of sp³-hybridized carbons (Fsp3) is 0.200. The molecule has 5 heteroatoms. The van der Waals surface area contributed by atoms with Crippen LogP contribution in [0.5, 0.6) is 5.75 Å². The first-order chi connectivity index (χ1) is 11.8.